The molecule has 1 saturated heterocycles. The van der Waals surface area contributed by atoms with Gasteiger partial charge in [0.1, 0.15) is 13.2 Å². The Bertz CT molecular complexity index is 713. The van der Waals surface area contributed by atoms with Crippen molar-refractivity contribution in [1.29, 1.82) is 0 Å². The normalized spacial score (nSPS) is 20.1. The quantitative estimate of drug-likeness (QED) is 0.137. The zero-order valence-corrected chi connectivity index (χ0v) is 25.6. The molecule has 0 bridgehead atoms. The van der Waals surface area contributed by atoms with Crippen LogP contribution in [-0.2, 0) is 23.7 Å². The average Bonchev–Trinajstić information content (AvgIpc) is 2.91. The number of rotatable bonds is 19. The van der Waals surface area contributed by atoms with Crippen LogP contribution in [-0.4, -0.2) is 75.0 Å². The summed E-state index contributed by atoms with van der Waals surface area (Å²) >= 11 is 0. The number of hydrogen-bond acceptors (Lipinski definition) is 9. The van der Waals surface area contributed by atoms with Crippen LogP contribution < -0.4 is 16.0 Å². The molecule has 2 rings (SSSR count). The summed E-state index contributed by atoms with van der Waals surface area (Å²) in [6.45, 7) is 7.94. The third-order valence-electron chi connectivity index (χ3n) is 7.03. The SMILES string of the molecule is CCCC(CCC)C(=O)NCCNC(=O)OCCSSCCOC(=O)NCC1(CC2OC(C)O2)CCCCC1. The molecule has 3 N–H and O–H groups in total. The van der Waals surface area contributed by atoms with Gasteiger partial charge in [-0.3, -0.25) is 4.79 Å². The molecular weight excluding hydrogens is 542 g/mol. The first-order valence-corrected chi connectivity index (χ1v) is 17.0. The molecular formula is C27H49N3O7S2. The van der Waals surface area contributed by atoms with Gasteiger partial charge in [0.05, 0.1) is 0 Å². The van der Waals surface area contributed by atoms with E-state index in [9.17, 15) is 14.4 Å². The van der Waals surface area contributed by atoms with E-state index in [2.05, 4.69) is 29.8 Å². The number of amides is 3. The number of hydrogen-bond donors (Lipinski definition) is 3. The molecule has 1 aliphatic carbocycles. The monoisotopic (exact) mass is 591 g/mol. The molecule has 0 unspecified atom stereocenters. The van der Waals surface area contributed by atoms with Crippen molar-refractivity contribution in [3.8, 4) is 0 Å². The summed E-state index contributed by atoms with van der Waals surface area (Å²) in [6.07, 6.45) is 9.04. The Labute approximate surface area is 241 Å². The maximum Gasteiger partial charge on any atom is 0.407 e. The minimum atomic E-state index is -0.491. The fourth-order valence-corrected chi connectivity index (χ4v) is 6.71. The van der Waals surface area contributed by atoms with Crippen molar-refractivity contribution in [1.82, 2.24) is 16.0 Å². The van der Waals surface area contributed by atoms with Crippen LogP contribution in [0.4, 0.5) is 9.59 Å². The fourth-order valence-electron chi connectivity index (χ4n) is 5.06. The van der Waals surface area contributed by atoms with E-state index >= 15 is 0 Å². The Hall–Kier alpha value is -1.37. The van der Waals surface area contributed by atoms with E-state index in [1.165, 1.54) is 6.42 Å². The number of nitrogens with one attached hydrogen (secondary N) is 3. The van der Waals surface area contributed by atoms with Gasteiger partial charge in [-0.05, 0) is 38.0 Å². The molecule has 0 aromatic heterocycles. The smallest absolute Gasteiger partial charge is 0.407 e. The van der Waals surface area contributed by atoms with E-state index in [1.807, 2.05) is 6.92 Å². The van der Waals surface area contributed by atoms with Crippen LogP contribution in [0, 0.1) is 11.3 Å². The minimum Gasteiger partial charge on any atom is -0.449 e. The van der Waals surface area contributed by atoms with Crippen molar-refractivity contribution in [2.24, 2.45) is 11.3 Å². The number of carbonyl (C=O) groups is 3. The van der Waals surface area contributed by atoms with Crippen LogP contribution in [0.15, 0.2) is 0 Å². The lowest BCUT2D eigenvalue weighted by molar-refractivity contribution is -0.383. The van der Waals surface area contributed by atoms with Crippen LogP contribution in [0.2, 0.25) is 0 Å². The third-order valence-corrected chi connectivity index (χ3v) is 9.36. The van der Waals surface area contributed by atoms with Crippen molar-refractivity contribution in [3.63, 3.8) is 0 Å². The molecule has 1 saturated carbocycles. The molecule has 2 fully saturated rings. The predicted molar refractivity (Wildman–Crippen MR) is 155 cm³/mol. The minimum absolute atomic E-state index is 0.0131. The molecule has 1 aliphatic heterocycles. The standard InChI is InChI=1S/C27H49N3O7S2/c1-4-9-22(10-5-2)24(31)28-13-14-29-25(32)34-15-17-38-39-18-16-35-26(33)30-20-27(11-7-6-8-12-27)19-23-36-21(3)37-23/h21-23H,4-20H2,1-3H3,(H,28,31)(H,29,32)(H,30,33). The predicted octanol–water partition coefficient (Wildman–Crippen LogP) is 5.21. The summed E-state index contributed by atoms with van der Waals surface area (Å²) in [5.41, 5.74) is 0.0131. The highest BCUT2D eigenvalue weighted by Crippen LogP contribution is 2.42. The average molecular weight is 592 g/mol. The largest absolute Gasteiger partial charge is 0.449 e. The summed E-state index contributed by atoms with van der Waals surface area (Å²) in [6, 6.07) is 0. The Morgan fingerprint density at radius 3 is 2.00 bits per heavy atom. The maximum atomic E-state index is 12.2. The second-order valence-corrected chi connectivity index (χ2v) is 13.0. The van der Waals surface area contributed by atoms with Gasteiger partial charge in [-0.2, -0.15) is 0 Å². The van der Waals surface area contributed by atoms with Crippen molar-refractivity contribution in [3.05, 3.63) is 0 Å². The molecule has 10 nitrogen and oxygen atoms in total. The van der Waals surface area contributed by atoms with Crippen LogP contribution in [0.1, 0.15) is 85.0 Å². The van der Waals surface area contributed by atoms with E-state index in [0.29, 0.717) is 37.7 Å². The molecule has 39 heavy (non-hydrogen) atoms. The van der Waals surface area contributed by atoms with Crippen molar-refractivity contribution in [2.75, 3.05) is 44.4 Å². The van der Waals surface area contributed by atoms with Gasteiger partial charge in [0, 0.05) is 43.5 Å². The summed E-state index contributed by atoms with van der Waals surface area (Å²) in [5.74, 6) is 1.38. The molecule has 0 atom stereocenters. The van der Waals surface area contributed by atoms with E-state index in [4.69, 9.17) is 18.9 Å². The molecule has 3 amide bonds. The molecule has 0 aromatic carbocycles. The number of alkyl carbamates (subject to hydrolysis) is 2. The Morgan fingerprint density at radius 2 is 1.44 bits per heavy atom. The molecule has 226 valence electrons. The lowest BCUT2D eigenvalue weighted by Crippen LogP contribution is -2.47. The maximum absolute atomic E-state index is 12.2. The summed E-state index contributed by atoms with van der Waals surface area (Å²) in [5, 5.41) is 8.48. The first-order valence-electron chi connectivity index (χ1n) is 14.5. The van der Waals surface area contributed by atoms with Gasteiger partial charge in [0.15, 0.2) is 12.6 Å². The second kappa shape index (κ2) is 19.7. The topological polar surface area (TPSA) is 124 Å². The van der Waals surface area contributed by atoms with Crippen LogP contribution in [0.25, 0.3) is 0 Å². The molecule has 2 aliphatic rings. The van der Waals surface area contributed by atoms with Crippen LogP contribution >= 0.6 is 21.6 Å². The van der Waals surface area contributed by atoms with Gasteiger partial charge in [-0.1, -0.05) is 67.5 Å². The summed E-state index contributed by atoms with van der Waals surface area (Å²) in [4.78, 5) is 36.2. The number of ether oxygens (including phenoxy) is 4. The molecule has 0 spiro atoms. The molecule has 1 heterocycles. The van der Waals surface area contributed by atoms with E-state index < -0.39 is 12.2 Å². The van der Waals surface area contributed by atoms with E-state index in [-0.39, 0.29) is 36.4 Å². The van der Waals surface area contributed by atoms with Crippen molar-refractivity contribution >= 4 is 39.7 Å². The van der Waals surface area contributed by atoms with Gasteiger partial charge in [-0.25, -0.2) is 9.59 Å². The van der Waals surface area contributed by atoms with Gasteiger partial charge in [0.25, 0.3) is 0 Å². The lowest BCUT2D eigenvalue weighted by Gasteiger charge is -2.43. The lowest BCUT2D eigenvalue weighted by atomic mass is 9.71. The van der Waals surface area contributed by atoms with Gasteiger partial charge in [0.2, 0.25) is 5.91 Å². The van der Waals surface area contributed by atoms with Gasteiger partial charge >= 0.3 is 12.2 Å². The summed E-state index contributed by atoms with van der Waals surface area (Å²) < 4.78 is 21.8. The third kappa shape index (κ3) is 14.2. The Morgan fingerprint density at radius 1 is 0.872 bits per heavy atom. The second-order valence-electron chi connectivity index (χ2n) is 10.3. The van der Waals surface area contributed by atoms with E-state index in [1.54, 1.807) is 21.6 Å². The molecule has 0 radical (unpaired) electrons. The zero-order valence-electron chi connectivity index (χ0n) is 23.9. The van der Waals surface area contributed by atoms with Crippen molar-refractivity contribution < 1.29 is 33.3 Å². The first kappa shape index (κ1) is 33.8. The highest BCUT2D eigenvalue weighted by atomic mass is 33.1. The van der Waals surface area contributed by atoms with Gasteiger partial charge in [-0.15, -0.1) is 0 Å². The fraction of sp³-hybridized carbons (Fsp3) is 0.889. The molecule has 0 aromatic rings. The van der Waals surface area contributed by atoms with Gasteiger partial charge < -0.3 is 34.9 Å². The van der Waals surface area contributed by atoms with Crippen LogP contribution in [0.5, 0.6) is 0 Å². The zero-order chi connectivity index (χ0) is 28.3. The molecule has 12 heteroatoms. The van der Waals surface area contributed by atoms with Crippen LogP contribution in [0.3, 0.4) is 0 Å². The number of carbonyl (C=O) groups excluding carboxylic acids is 3. The van der Waals surface area contributed by atoms with Crippen molar-refractivity contribution in [2.45, 2.75) is 97.6 Å². The first-order chi connectivity index (χ1) is 18.9. The highest BCUT2D eigenvalue weighted by Gasteiger charge is 2.39. The Kier molecular flexibility index (Phi) is 17.1. The highest BCUT2D eigenvalue weighted by molar-refractivity contribution is 8.76. The Balaban J connectivity index is 1.43. The summed E-state index contributed by atoms with van der Waals surface area (Å²) in [7, 11) is 3.12. The van der Waals surface area contributed by atoms with E-state index in [0.717, 1.165) is 57.8 Å².